The van der Waals surface area contributed by atoms with Crippen LogP contribution in [0.15, 0.2) is 11.6 Å². The summed E-state index contributed by atoms with van der Waals surface area (Å²) in [4.78, 5) is 10.7. The van der Waals surface area contributed by atoms with Gasteiger partial charge in [0.05, 0.1) is 0 Å². The summed E-state index contributed by atoms with van der Waals surface area (Å²) < 4.78 is 0. The third-order valence-corrected chi connectivity index (χ3v) is 1.79. The first-order valence-electron chi connectivity index (χ1n) is 4.53. The summed E-state index contributed by atoms with van der Waals surface area (Å²) >= 11 is 0. The lowest BCUT2D eigenvalue weighted by molar-refractivity contribution is -0.133. The van der Waals surface area contributed by atoms with E-state index >= 15 is 0 Å². The van der Waals surface area contributed by atoms with Gasteiger partial charge in [0.15, 0.2) is 0 Å². The van der Waals surface area contributed by atoms with Crippen molar-refractivity contribution in [2.24, 2.45) is 5.92 Å². The molecule has 2 nitrogen and oxygen atoms in total. The van der Waals surface area contributed by atoms with E-state index < -0.39 is 5.97 Å². The van der Waals surface area contributed by atoms with Crippen molar-refractivity contribution in [2.45, 2.75) is 40.0 Å². The van der Waals surface area contributed by atoms with Crippen LogP contribution in [0.2, 0.25) is 0 Å². The van der Waals surface area contributed by atoms with Crippen molar-refractivity contribution < 1.29 is 9.90 Å². The summed E-state index contributed by atoms with van der Waals surface area (Å²) in [5.41, 5.74) is 0.545. The van der Waals surface area contributed by atoms with Crippen LogP contribution >= 0.6 is 0 Å². The lowest BCUT2D eigenvalue weighted by Gasteiger charge is -2.05. The fourth-order valence-corrected chi connectivity index (χ4v) is 1.03. The highest BCUT2D eigenvalue weighted by Crippen LogP contribution is 2.11. The third kappa shape index (κ3) is 4.16. The summed E-state index contributed by atoms with van der Waals surface area (Å²) in [5.74, 6) is -0.652. The van der Waals surface area contributed by atoms with Crippen LogP contribution in [0.4, 0.5) is 0 Å². The Labute approximate surface area is 74.3 Å². The molecule has 0 fully saturated rings. The molecular formula is C10H18O2. The van der Waals surface area contributed by atoms with Gasteiger partial charge in [-0.3, -0.25) is 0 Å². The predicted molar refractivity (Wildman–Crippen MR) is 50.1 cm³/mol. The predicted octanol–water partition coefficient (Wildman–Crippen LogP) is 2.84. The molecular weight excluding hydrogens is 152 g/mol. The average molecular weight is 170 g/mol. The molecule has 0 saturated heterocycles. The number of carbonyl (C=O) groups is 1. The van der Waals surface area contributed by atoms with Crippen molar-refractivity contribution in [1.82, 2.24) is 0 Å². The molecule has 0 amide bonds. The van der Waals surface area contributed by atoms with Crippen LogP contribution in [0.25, 0.3) is 0 Å². The lowest BCUT2D eigenvalue weighted by atomic mass is 10.0. The molecule has 0 bridgehead atoms. The second-order valence-corrected chi connectivity index (χ2v) is 3.26. The van der Waals surface area contributed by atoms with Gasteiger partial charge in [0.25, 0.3) is 0 Å². The molecule has 0 atom stereocenters. The number of rotatable bonds is 5. The number of unbranched alkanes of at least 4 members (excludes halogenated alkanes) is 2. The molecule has 0 aliphatic heterocycles. The van der Waals surface area contributed by atoms with Gasteiger partial charge in [0.1, 0.15) is 0 Å². The molecule has 0 spiro atoms. The number of aliphatic carboxylic acids is 1. The maximum Gasteiger partial charge on any atom is 0.331 e. The zero-order valence-electron chi connectivity index (χ0n) is 8.13. The van der Waals surface area contributed by atoms with Crippen LogP contribution < -0.4 is 0 Å². The standard InChI is InChI=1S/C10H18O2/c1-4-5-6-7-9(8(2)3)10(11)12/h7-8H,4-6H2,1-3H3,(H,11,12)/b9-7-. The normalized spacial score (nSPS) is 12.2. The molecule has 2 heteroatoms. The smallest absolute Gasteiger partial charge is 0.331 e. The number of hydrogen-bond donors (Lipinski definition) is 1. The second-order valence-electron chi connectivity index (χ2n) is 3.26. The minimum Gasteiger partial charge on any atom is -0.478 e. The van der Waals surface area contributed by atoms with Crippen LogP contribution in [0.1, 0.15) is 40.0 Å². The van der Waals surface area contributed by atoms with Crippen molar-refractivity contribution in [1.29, 1.82) is 0 Å². The van der Waals surface area contributed by atoms with Gasteiger partial charge in [-0.2, -0.15) is 0 Å². The first-order chi connectivity index (χ1) is 5.59. The zero-order valence-corrected chi connectivity index (χ0v) is 8.13. The summed E-state index contributed by atoms with van der Waals surface area (Å²) in [6.45, 7) is 5.92. The summed E-state index contributed by atoms with van der Waals surface area (Å²) in [5, 5.41) is 8.77. The molecule has 0 aliphatic rings. The van der Waals surface area contributed by atoms with Crippen LogP contribution in [-0.4, -0.2) is 11.1 Å². The van der Waals surface area contributed by atoms with Gasteiger partial charge < -0.3 is 5.11 Å². The zero-order chi connectivity index (χ0) is 9.56. The Kier molecular flexibility index (Phi) is 5.43. The monoisotopic (exact) mass is 170 g/mol. The lowest BCUT2D eigenvalue weighted by Crippen LogP contribution is -2.06. The van der Waals surface area contributed by atoms with E-state index in [1.54, 1.807) is 0 Å². The Balaban J connectivity index is 4.10. The van der Waals surface area contributed by atoms with Crippen LogP contribution in [0.3, 0.4) is 0 Å². The molecule has 0 saturated carbocycles. The minimum atomic E-state index is -0.777. The Morgan fingerprint density at radius 3 is 2.42 bits per heavy atom. The summed E-state index contributed by atoms with van der Waals surface area (Å²) in [7, 11) is 0. The van der Waals surface area contributed by atoms with Gasteiger partial charge in [-0.25, -0.2) is 4.79 Å². The largest absolute Gasteiger partial charge is 0.478 e. The summed E-state index contributed by atoms with van der Waals surface area (Å²) in [6, 6.07) is 0. The molecule has 0 aromatic rings. The van der Waals surface area contributed by atoms with Crippen LogP contribution in [0, 0.1) is 5.92 Å². The van der Waals surface area contributed by atoms with Gasteiger partial charge >= 0.3 is 5.97 Å². The Morgan fingerprint density at radius 2 is 2.08 bits per heavy atom. The molecule has 70 valence electrons. The van der Waals surface area contributed by atoms with E-state index in [1.165, 1.54) is 0 Å². The van der Waals surface area contributed by atoms with Crippen LogP contribution in [-0.2, 0) is 4.79 Å². The van der Waals surface area contributed by atoms with Crippen molar-refractivity contribution in [3.8, 4) is 0 Å². The number of hydrogen-bond acceptors (Lipinski definition) is 1. The van der Waals surface area contributed by atoms with Gasteiger partial charge in [0.2, 0.25) is 0 Å². The van der Waals surface area contributed by atoms with Gasteiger partial charge in [0, 0.05) is 5.57 Å². The van der Waals surface area contributed by atoms with Crippen molar-refractivity contribution >= 4 is 5.97 Å². The Hall–Kier alpha value is -0.790. The van der Waals surface area contributed by atoms with E-state index in [1.807, 2.05) is 19.9 Å². The second kappa shape index (κ2) is 5.81. The van der Waals surface area contributed by atoms with E-state index in [4.69, 9.17) is 5.11 Å². The SMILES string of the molecule is CCCC/C=C(\C(=O)O)C(C)C. The highest BCUT2D eigenvalue weighted by atomic mass is 16.4. The third-order valence-electron chi connectivity index (χ3n) is 1.79. The number of carboxylic acid groups (broad SMARTS) is 1. The highest BCUT2D eigenvalue weighted by Gasteiger charge is 2.09. The number of carboxylic acids is 1. The first kappa shape index (κ1) is 11.2. The molecule has 0 heterocycles. The minimum absolute atomic E-state index is 0.124. The van der Waals surface area contributed by atoms with E-state index in [-0.39, 0.29) is 5.92 Å². The highest BCUT2D eigenvalue weighted by molar-refractivity contribution is 5.86. The van der Waals surface area contributed by atoms with E-state index in [9.17, 15) is 4.79 Å². The maximum absolute atomic E-state index is 10.7. The molecule has 0 aromatic carbocycles. The van der Waals surface area contributed by atoms with Gasteiger partial charge in [-0.15, -0.1) is 0 Å². The van der Waals surface area contributed by atoms with E-state index in [2.05, 4.69) is 6.92 Å². The van der Waals surface area contributed by atoms with E-state index in [0.29, 0.717) is 5.57 Å². The molecule has 1 N–H and O–H groups in total. The molecule has 0 unspecified atom stereocenters. The molecule has 0 aromatic heterocycles. The molecule has 0 radical (unpaired) electrons. The first-order valence-corrected chi connectivity index (χ1v) is 4.53. The van der Waals surface area contributed by atoms with Gasteiger partial charge in [-0.05, 0) is 12.3 Å². The molecule has 0 aliphatic carbocycles. The van der Waals surface area contributed by atoms with Crippen molar-refractivity contribution in [3.05, 3.63) is 11.6 Å². The Bertz CT molecular complexity index is 169. The fourth-order valence-electron chi connectivity index (χ4n) is 1.03. The summed E-state index contributed by atoms with van der Waals surface area (Å²) in [6.07, 6.45) is 4.91. The fraction of sp³-hybridized carbons (Fsp3) is 0.700. The Morgan fingerprint density at radius 1 is 1.50 bits per heavy atom. The average Bonchev–Trinajstić information content (AvgIpc) is 1.96. The quantitative estimate of drug-likeness (QED) is 0.509. The van der Waals surface area contributed by atoms with E-state index in [0.717, 1.165) is 19.3 Å². The maximum atomic E-state index is 10.7. The number of allylic oxidation sites excluding steroid dienone is 1. The van der Waals surface area contributed by atoms with Gasteiger partial charge in [-0.1, -0.05) is 39.7 Å². The van der Waals surface area contributed by atoms with Crippen molar-refractivity contribution in [3.63, 3.8) is 0 Å². The van der Waals surface area contributed by atoms with Crippen molar-refractivity contribution in [2.75, 3.05) is 0 Å². The molecule has 0 rings (SSSR count). The molecule has 12 heavy (non-hydrogen) atoms. The topological polar surface area (TPSA) is 37.3 Å². The van der Waals surface area contributed by atoms with Crippen LogP contribution in [0.5, 0.6) is 0 Å².